The number of sulfonamides is 1. The second-order valence-corrected chi connectivity index (χ2v) is 9.40. The topological polar surface area (TPSA) is 81.3 Å². The molecule has 1 aromatic carbocycles. The van der Waals surface area contributed by atoms with E-state index in [0.29, 0.717) is 49.3 Å². The number of carbonyl (C=O) groups excluding carboxylic acids is 1. The maximum absolute atomic E-state index is 13.0. The molecule has 0 saturated carbocycles. The molecule has 2 heterocycles. The van der Waals surface area contributed by atoms with Crippen LogP contribution in [0.25, 0.3) is 0 Å². The van der Waals surface area contributed by atoms with E-state index in [1.807, 2.05) is 12.1 Å². The number of benzene rings is 1. The van der Waals surface area contributed by atoms with Crippen molar-refractivity contribution in [1.82, 2.24) is 4.31 Å². The van der Waals surface area contributed by atoms with E-state index in [2.05, 4.69) is 18.6 Å². The van der Waals surface area contributed by atoms with Crippen molar-refractivity contribution in [3.63, 3.8) is 0 Å². The number of methoxy groups -OCH3 is 1. The third-order valence-corrected chi connectivity index (χ3v) is 7.51. The first kappa shape index (κ1) is 21.5. The van der Waals surface area contributed by atoms with Crippen molar-refractivity contribution >= 4 is 16.0 Å². The van der Waals surface area contributed by atoms with E-state index in [0.717, 1.165) is 12.0 Å². The molecule has 1 aliphatic heterocycles. The van der Waals surface area contributed by atoms with E-state index in [-0.39, 0.29) is 5.76 Å². The van der Waals surface area contributed by atoms with Gasteiger partial charge in [0.2, 0.25) is 15.8 Å². The molecular weight excluding hydrogens is 392 g/mol. The highest BCUT2D eigenvalue weighted by Crippen LogP contribution is 2.22. The lowest BCUT2D eigenvalue weighted by Crippen LogP contribution is -3.13. The van der Waals surface area contributed by atoms with Crippen molar-refractivity contribution in [3.8, 4) is 0 Å². The number of nitrogens with zero attached hydrogens (tertiary/aromatic N) is 1. The summed E-state index contributed by atoms with van der Waals surface area (Å²) in [5.74, 6) is 0.794. The number of hydrogen-bond donors (Lipinski definition) is 1. The lowest BCUT2D eigenvalue weighted by molar-refractivity contribution is -0.918. The molecule has 3 rings (SSSR count). The zero-order valence-corrected chi connectivity index (χ0v) is 18.0. The number of piperazine rings is 1. The summed E-state index contributed by atoms with van der Waals surface area (Å²) in [6.45, 7) is 7.13. The van der Waals surface area contributed by atoms with Gasteiger partial charge in [-0.1, -0.05) is 26.0 Å². The van der Waals surface area contributed by atoms with Gasteiger partial charge in [0.15, 0.2) is 5.76 Å². The van der Waals surface area contributed by atoms with Gasteiger partial charge in [0, 0.05) is 0 Å². The van der Waals surface area contributed by atoms with Crippen LogP contribution in [0.1, 0.15) is 48.1 Å². The molecule has 29 heavy (non-hydrogen) atoms. The van der Waals surface area contributed by atoms with Gasteiger partial charge < -0.3 is 14.1 Å². The minimum absolute atomic E-state index is 0.184. The van der Waals surface area contributed by atoms with E-state index < -0.39 is 16.0 Å². The number of nitrogens with one attached hydrogen (secondary N) is 1. The van der Waals surface area contributed by atoms with Crippen molar-refractivity contribution in [2.75, 3.05) is 33.3 Å². The number of esters is 1. The van der Waals surface area contributed by atoms with Crippen LogP contribution in [0.15, 0.2) is 45.7 Å². The molecule has 2 aromatic rings. The summed E-state index contributed by atoms with van der Waals surface area (Å²) in [7, 11) is -2.17. The molecule has 0 bridgehead atoms. The summed E-state index contributed by atoms with van der Waals surface area (Å²) in [6, 6.07) is 10.6. The number of ether oxygens (including phenoxy) is 1. The van der Waals surface area contributed by atoms with E-state index in [1.54, 1.807) is 28.6 Å². The molecule has 7 nitrogen and oxygen atoms in total. The van der Waals surface area contributed by atoms with Crippen LogP contribution >= 0.6 is 0 Å². The number of rotatable bonds is 7. The Morgan fingerprint density at radius 1 is 1.17 bits per heavy atom. The third-order valence-electron chi connectivity index (χ3n) is 5.60. The first-order chi connectivity index (χ1) is 13.8. The standard InChI is InChI=1S/C21H28N2O5S/c1-4-16(2)17-5-8-19(9-6-17)29(25,26)23-13-11-22(12-14-23)15-18-7-10-20(28-18)21(24)27-3/h5-10,16H,4,11-15H2,1-3H3/p+1/t16-/m0/s1. The summed E-state index contributed by atoms with van der Waals surface area (Å²) in [6.07, 6.45) is 1.02. The van der Waals surface area contributed by atoms with Crippen LogP contribution in [0, 0.1) is 0 Å². The predicted molar refractivity (Wildman–Crippen MR) is 108 cm³/mol. The fraction of sp³-hybridized carbons (Fsp3) is 0.476. The maximum atomic E-state index is 13.0. The minimum Gasteiger partial charge on any atom is -0.463 e. The molecule has 0 aliphatic carbocycles. The number of hydrogen-bond acceptors (Lipinski definition) is 5. The zero-order chi connectivity index (χ0) is 21.0. The maximum Gasteiger partial charge on any atom is 0.373 e. The molecule has 0 spiro atoms. The molecule has 0 unspecified atom stereocenters. The predicted octanol–water partition coefficient (Wildman–Crippen LogP) is 1.67. The molecule has 0 radical (unpaired) electrons. The highest BCUT2D eigenvalue weighted by Gasteiger charge is 2.31. The highest BCUT2D eigenvalue weighted by atomic mass is 32.2. The van der Waals surface area contributed by atoms with Gasteiger partial charge in [-0.25, -0.2) is 13.2 Å². The molecular formula is C21H29N2O5S+. The Morgan fingerprint density at radius 2 is 1.83 bits per heavy atom. The highest BCUT2D eigenvalue weighted by molar-refractivity contribution is 7.89. The molecule has 158 valence electrons. The summed E-state index contributed by atoms with van der Waals surface area (Å²) in [5, 5.41) is 0. The first-order valence-corrected chi connectivity index (χ1v) is 11.4. The zero-order valence-electron chi connectivity index (χ0n) is 17.2. The molecule has 1 saturated heterocycles. The number of carbonyl (C=O) groups is 1. The molecule has 1 aromatic heterocycles. The smallest absolute Gasteiger partial charge is 0.373 e. The van der Waals surface area contributed by atoms with Crippen LogP contribution in [0.2, 0.25) is 0 Å². The SMILES string of the molecule is CC[C@H](C)c1ccc(S(=O)(=O)N2CC[NH+](Cc3ccc(C(=O)OC)o3)CC2)cc1. The summed E-state index contributed by atoms with van der Waals surface area (Å²) in [4.78, 5) is 13.1. The van der Waals surface area contributed by atoms with Crippen LogP contribution in [0.4, 0.5) is 0 Å². The van der Waals surface area contributed by atoms with Gasteiger partial charge in [-0.05, 0) is 42.2 Å². The van der Waals surface area contributed by atoms with Crippen LogP contribution in [0.5, 0.6) is 0 Å². The Balaban J connectivity index is 1.59. The van der Waals surface area contributed by atoms with Crippen molar-refractivity contribution in [2.45, 2.75) is 37.6 Å². The van der Waals surface area contributed by atoms with Crippen LogP contribution in [-0.4, -0.2) is 52.0 Å². The Hall–Kier alpha value is -2.16. The fourth-order valence-corrected chi connectivity index (χ4v) is 4.94. The van der Waals surface area contributed by atoms with E-state index in [1.165, 1.54) is 12.0 Å². The van der Waals surface area contributed by atoms with Crippen molar-refractivity contribution < 1.29 is 27.3 Å². The van der Waals surface area contributed by atoms with Gasteiger partial charge >= 0.3 is 5.97 Å². The third kappa shape index (κ3) is 4.88. The minimum atomic E-state index is -3.48. The van der Waals surface area contributed by atoms with Crippen LogP contribution < -0.4 is 4.90 Å². The van der Waals surface area contributed by atoms with Crippen molar-refractivity contribution in [2.24, 2.45) is 0 Å². The number of quaternary nitrogens is 1. The average molecular weight is 422 g/mol. The normalized spacial score (nSPS) is 17.2. The molecule has 1 fully saturated rings. The quantitative estimate of drug-likeness (QED) is 0.688. The first-order valence-electron chi connectivity index (χ1n) is 9.95. The largest absolute Gasteiger partial charge is 0.463 e. The van der Waals surface area contributed by atoms with E-state index in [4.69, 9.17) is 4.42 Å². The Morgan fingerprint density at radius 3 is 2.41 bits per heavy atom. The van der Waals surface area contributed by atoms with Gasteiger partial charge in [0.25, 0.3) is 0 Å². The van der Waals surface area contributed by atoms with Crippen molar-refractivity contribution in [3.05, 3.63) is 53.5 Å². The van der Waals surface area contributed by atoms with Crippen LogP contribution in [-0.2, 0) is 21.3 Å². The second-order valence-electron chi connectivity index (χ2n) is 7.47. The second kappa shape index (κ2) is 9.11. The molecule has 1 aliphatic rings. The Kier molecular flexibility index (Phi) is 6.77. The number of furan rings is 1. The van der Waals surface area contributed by atoms with Crippen molar-refractivity contribution in [1.29, 1.82) is 0 Å². The Bertz CT molecular complexity index is 928. The van der Waals surface area contributed by atoms with Gasteiger partial charge in [0.05, 0.1) is 38.2 Å². The lowest BCUT2D eigenvalue weighted by Gasteiger charge is -2.31. The summed E-state index contributed by atoms with van der Waals surface area (Å²) < 4.78 is 37.6. The summed E-state index contributed by atoms with van der Waals surface area (Å²) >= 11 is 0. The van der Waals surface area contributed by atoms with Crippen LogP contribution in [0.3, 0.4) is 0 Å². The van der Waals surface area contributed by atoms with E-state index in [9.17, 15) is 13.2 Å². The lowest BCUT2D eigenvalue weighted by atomic mass is 9.99. The molecule has 0 amide bonds. The molecule has 8 heteroatoms. The Labute approximate surface area is 172 Å². The van der Waals surface area contributed by atoms with Gasteiger partial charge in [0.1, 0.15) is 6.54 Å². The fourth-order valence-electron chi connectivity index (χ4n) is 3.50. The van der Waals surface area contributed by atoms with E-state index >= 15 is 0 Å². The van der Waals surface area contributed by atoms with Gasteiger partial charge in [-0.3, -0.25) is 0 Å². The monoisotopic (exact) mass is 421 g/mol. The van der Waals surface area contributed by atoms with Gasteiger partial charge in [-0.2, -0.15) is 4.31 Å². The molecule has 1 N–H and O–H groups in total. The summed E-state index contributed by atoms with van der Waals surface area (Å²) in [5.41, 5.74) is 1.16. The average Bonchev–Trinajstić information content (AvgIpc) is 3.21. The van der Waals surface area contributed by atoms with Gasteiger partial charge in [-0.15, -0.1) is 0 Å². The molecule has 1 atom stereocenters.